The molecule has 6 nitrogen and oxygen atoms in total. The van der Waals surface area contributed by atoms with E-state index in [-0.39, 0.29) is 14.9 Å². The van der Waals surface area contributed by atoms with Gasteiger partial charge in [0.15, 0.2) is 0 Å². The van der Waals surface area contributed by atoms with Crippen LogP contribution >= 0.6 is 23.2 Å². The van der Waals surface area contributed by atoms with Crippen molar-refractivity contribution in [3.8, 4) is 0 Å². The lowest BCUT2D eigenvalue weighted by Gasteiger charge is -2.17. The van der Waals surface area contributed by atoms with Gasteiger partial charge in [0.25, 0.3) is 0 Å². The third kappa shape index (κ3) is 4.32. The van der Waals surface area contributed by atoms with Gasteiger partial charge >= 0.3 is 5.97 Å². The van der Waals surface area contributed by atoms with Gasteiger partial charge in [-0.3, -0.25) is 4.79 Å². The number of hydrogen-bond acceptors (Lipinski definition) is 4. The first-order valence-electron chi connectivity index (χ1n) is 5.03. The quantitative estimate of drug-likeness (QED) is 0.751. The molecule has 0 amide bonds. The molecule has 0 saturated carbocycles. The number of sulfonamides is 1. The van der Waals surface area contributed by atoms with Gasteiger partial charge in [0.05, 0.1) is 11.0 Å². The van der Waals surface area contributed by atoms with E-state index in [1.807, 2.05) is 4.72 Å². The number of carbonyl (C=O) groups is 1. The van der Waals surface area contributed by atoms with Crippen LogP contribution in [0.25, 0.3) is 0 Å². The van der Waals surface area contributed by atoms with E-state index in [1.54, 1.807) is 0 Å². The second kappa shape index (κ2) is 6.06. The van der Waals surface area contributed by atoms with E-state index in [2.05, 4.69) is 0 Å². The summed E-state index contributed by atoms with van der Waals surface area (Å²) < 4.78 is 25.8. The van der Waals surface area contributed by atoms with Gasteiger partial charge in [0.2, 0.25) is 10.0 Å². The van der Waals surface area contributed by atoms with Crippen molar-refractivity contribution in [2.75, 3.05) is 0 Å². The zero-order valence-corrected chi connectivity index (χ0v) is 12.0. The molecule has 1 aromatic rings. The Labute approximate surface area is 120 Å². The molecule has 0 bridgehead atoms. The van der Waals surface area contributed by atoms with Crippen LogP contribution in [0.4, 0.5) is 0 Å². The molecule has 9 heteroatoms. The topological polar surface area (TPSA) is 104 Å². The summed E-state index contributed by atoms with van der Waals surface area (Å²) in [6.45, 7) is 1.16. The summed E-state index contributed by atoms with van der Waals surface area (Å²) in [5.41, 5.74) is 0. The SMILES string of the molecule is CC(O)C(NS(=O)(=O)c1cc(Cl)cc(Cl)c1)C(=O)O. The highest BCUT2D eigenvalue weighted by atomic mass is 35.5. The van der Waals surface area contributed by atoms with E-state index in [9.17, 15) is 18.3 Å². The van der Waals surface area contributed by atoms with Gasteiger partial charge in [-0.15, -0.1) is 0 Å². The third-order valence-electron chi connectivity index (χ3n) is 2.18. The van der Waals surface area contributed by atoms with Crippen molar-refractivity contribution < 1.29 is 23.4 Å². The second-order valence-corrected chi connectivity index (χ2v) is 6.37. The Morgan fingerprint density at radius 1 is 1.26 bits per heavy atom. The maximum atomic E-state index is 12.0. The lowest BCUT2D eigenvalue weighted by atomic mass is 10.2. The number of carboxylic acid groups (broad SMARTS) is 1. The van der Waals surface area contributed by atoms with Crippen LogP contribution in [0.5, 0.6) is 0 Å². The molecule has 0 aliphatic rings. The first-order valence-corrected chi connectivity index (χ1v) is 7.26. The molecule has 19 heavy (non-hydrogen) atoms. The molecule has 2 atom stereocenters. The molecule has 0 saturated heterocycles. The standard InChI is InChI=1S/C10H11Cl2NO5S/c1-5(14)9(10(15)16)13-19(17,18)8-3-6(11)2-7(12)4-8/h2-5,9,13-14H,1H3,(H,15,16). The Morgan fingerprint density at radius 3 is 2.11 bits per heavy atom. The third-order valence-corrected chi connectivity index (χ3v) is 4.03. The molecule has 106 valence electrons. The summed E-state index contributed by atoms with van der Waals surface area (Å²) in [5.74, 6) is -1.49. The smallest absolute Gasteiger partial charge is 0.324 e. The van der Waals surface area contributed by atoms with Crippen LogP contribution in [0.3, 0.4) is 0 Å². The fourth-order valence-corrected chi connectivity index (χ4v) is 3.26. The fourth-order valence-electron chi connectivity index (χ4n) is 1.27. The van der Waals surface area contributed by atoms with Gasteiger partial charge in [-0.1, -0.05) is 23.2 Å². The molecule has 0 aromatic heterocycles. The summed E-state index contributed by atoms with van der Waals surface area (Å²) in [5, 5.41) is 18.3. The highest BCUT2D eigenvalue weighted by Crippen LogP contribution is 2.22. The lowest BCUT2D eigenvalue weighted by Crippen LogP contribution is -2.47. The van der Waals surface area contributed by atoms with E-state index in [4.69, 9.17) is 28.3 Å². The summed E-state index contributed by atoms with van der Waals surface area (Å²) in [7, 11) is -4.15. The second-order valence-electron chi connectivity index (χ2n) is 3.78. The number of nitrogens with one attached hydrogen (secondary N) is 1. The Bertz CT molecular complexity index is 567. The van der Waals surface area contributed by atoms with Gasteiger partial charge in [-0.2, -0.15) is 4.72 Å². The molecular weight excluding hydrogens is 317 g/mol. The number of carboxylic acids is 1. The minimum absolute atomic E-state index is 0.0943. The van der Waals surface area contributed by atoms with Crippen LogP contribution in [0.15, 0.2) is 23.1 Å². The van der Waals surface area contributed by atoms with Crippen LogP contribution < -0.4 is 4.72 Å². The fraction of sp³-hybridized carbons (Fsp3) is 0.300. The van der Waals surface area contributed by atoms with E-state index in [1.165, 1.54) is 6.07 Å². The van der Waals surface area contributed by atoms with Crippen LogP contribution in [0.1, 0.15) is 6.92 Å². The van der Waals surface area contributed by atoms with Gasteiger partial charge in [0.1, 0.15) is 6.04 Å². The van der Waals surface area contributed by atoms with Crippen molar-refractivity contribution in [1.29, 1.82) is 0 Å². The summed E-state index contributed by atoms with van der Waals surface area (Å²) in [6, 6.07) is 1.92. The largest absolute Gasteiger partial charge is 0.480 e. The Morgan fingerprint density at radius 2 is 1.74 bits per heavy atom. The number of benzene rings is 1. The summed E-state index contributed by atoms with van der Waals surface area (Å²) in [4.78, 5) is 10.6. The predicted molar refractivity (Wildman–Crippen MR) is 69.9 cm³/mol. The molecule has 3 N–H and O–H groups in total. The Kier molecular flexibility index (Phi) is 5.17. The van der Waals surface area contributed by atoms with Crippen molar-refractivity contribution in [3.05, 3.63) is 28.2 Å². The van der Waals surface area contributed by atoms with Gasteiger partial charge in [-0.25, -0.2) is 8.42 Å². The van der Waals surface area contributed by atoms with Crippen LogP contribution in [0, 0.1) is 0 Å². The van der Waals surface area contributed by atoms with Gasteiger partial charge < -0.3 is 10.2 Å². The normalized spacial score (nSPS) is 14.9. The molecular formula is C10H11Cl2NO5S. The van der Waals surface area contributed by atoms with Crippen LogP contribution in [-0.4, -0.2) is 36.7 Å². The van der Waals surface area contributed by atoms with Crippen molar-refractivity contribution in [1.82, 2.24) is 4.72 Å². The van der Waals surface area contributed by atoms with Crippen LogP contribution in [-0.2, 0) is 14.8 Å². The molecule has 0 heterocycles. The van der Waals surface area contributed by atoms with Crippen LogP contribution in [0.2, 0.25) is 10.0 Å². The first kappa shape index (κ1) is 16.2. The van der Waals surface area contributed by atoms with E-state index in [0.717, 1.165) is 19.1 Å². The number of rotatable bonds is 5. The van der Waals surface area contributed by atoms with Crippen molar-refractivity contribution >= 4 is 39.2 Å². The van der Waals surface area contributed by atoms with E-state index in [0.29, 0.717) is 0 Å². The van der Waals surface area contributed by atoms with E-state index >= 15 is 0 Å². The first-order chi connectivity index (χ1) is 8.63. The molecule has 0 aliphatic heterocycles. The molecule has 0 aliphatic carbocycles. The average Bonchev–Trinajstić information content (AvgIpc) is 2.23. The summed E-state index contributed by atoms with van der Waals surface area (Å²) in [6.07, 6.45) is -1.40. The summed E-state index contributed by atoms with van der Waals surface area (Å²) >= 11 is 11.4. The van der Waals surface area contributed by atoms with Gasteiger partial charge in [-0.05, 0) is 25.1 Å². The van der Waals surface area contributed by atoms with Crippen molar-refractivity contribution in [2.45, 2.75) is 24.0 Å². The minimum Gasteiger partial charge on any atom is -0.480 e. The zero-order valence-electron chi connectivity index (χ0n) is 9.67. The Balaban J connectivity index is 3.13. The van der Waals surface area contributed by atoms with E-state index < -0.39 is 28.1 Å². The maximum Gasteiger partial charge on any atom is 0.324 e. The molecule has 0 radical (unpaired) electrons. The van der Waals surface area contributed by atoms with Gasteiger partial charge in [0, 0.05) is 10.0 Å². The molecule has 0 spiro atoms. The number of aliphatic carboxylic acids is 1. The monoisotopic (exact) mass is 327 g/mol. The maximum absolute atomic E-state index is 12.0. The minimum atomic E-state index is -4.15. The molecule has 0 fully saturated rings. The number of aliphatic hydroxyl groups excluding tert-OH is 1. The average molecular weight is 328 g/mol. The zero-order chi connectivity index (χ0) is 14.8. The lowest BCUT2D eigenvalue weighted by molar-refractivity contribution is -0.141. The molecule has 1 aromatic carbocycles. The number of halogens is 2. The molecule has 1 rings (SSSR count). The molecule has 2 unspecified atom stereocenters. The highest BCUT2D eigenvalue weighted by molar-refractivity contribution is 7.89. The number of hydrogen-bond donors (Lipinski definition) is 3. The van der Waals surface area contributed by atoms with Crippen molar-refractivity contribution in [3.63, 3.8) is 0 Å². The number of aliphatic hydroxyl groups is 1. The Hall–Kier alpha value is -0.860. The predicted octanol–water partition coefficient (Wildman–Crippen LogP) is 1.11. The van der Waals surface area contributed by atoms with Crippen molar-refractivity contribution in [2.24, 2.45) is 0 Å². The highest BCUT2D eigenvalue weighted by Gasteiger charge is 2.29.